The summed E-state index contributed by atoms with van der Waals surface area (Å²) in [6, 6.07) is 8.97. The number of anilines is 2. The van der Waals surface area contributed by atoms with Crippen LogP contribution >= 0.6 is 11.6 Å². The topological polar surface area (TPSA) is 77.2 Å². The van der Waals surface area contributed by atoms with Gasteiger partial charge in [-0.3, -0.25) is 4.79 Å². The van der Waals surface area contributed by atoms with E-state index in [4.69, 9.17) is 22.1 Å². The van der Waals surface area contributed by atoms with E-state index in [-0.39, 0.29) is 16.8 Å². The summed E-state index contributed by atoms with van der Waals surface area (Å²) in [6.07, 6.45) is 1.38. The lowest BCUT2D eigenvalue weighted by Gasteiger charge is -2.16. The Morgan fingerprint density at radius 2 is 2.05 bits per heavy atom. The molecular weight excluding hydrogens is 290 g/mol. The number of pyridine rings is 1. The average molecular weight is 306 g/mol. The van der Waals surface area contributed by atoms with Gasteiger partial charge in [0.1, 0.15) is 10.9 Å². The van der Waals surface area contributed by atoms with Gasteiger partial charge in [-0.25, -0.2) is 4.98 Å². The largest absolute Gasteiger partial charge is 0.489 e. The predicted molar refractivity (Wildman–Crippen MR) is 83.3 cm³/mol. The van der Waals surface area contributed by atoms with Gasteiger partial charge in [-0.1, -0.05) is 23.7 Å². The smallest absolute Gasteiger partial charge is 0.252 e. The van der Waals surface area contributed by atoms with Crippen molar-refractivity contribution in [3.63, 3.8) is 0 Å². The van der Waals surface area contributed by atoms with E-state index in [1.165, 1.54) is 6.20 Å². The maximum atomic E-state index is 11.5. The third-order valence-corrected chi connectivity index (χ3v) is 2.86. The fourth-order valence-corrected chi connectivity index (χ4v) is 1.96. The molecule has 110 valence electrons. The molecule has 1 aromatic carbocycles. The van der Waals surface area contributed by atoms with Gasteiger partial charge in [-0.2, -0.15) is 0 Å². The van der Waals surface area contributed by atoms with Crippen molar-refractivity contribution >= 4 is 28.9 Å². The predicted octanol–water partition coefficient (Wildman–Crippen LogP) is 3.36. The van der Waals surface area contributed by atoms with Crippen molar-refractivity contribution < 1.29 is 9.53 Å². The summed E-state index contributed by atoms with van der Waals surface area (Å²) in [5.41, 5.74) is 6.81. The number of primary amides is 1. The first kappa shape index (κ1) is 15.1. The van der Waals surface area contributed by atoms with Gasteiger partial charge in [0.05, 0.1) is 23.0 Å². The number of halogens is 1. The van der Waals surface area contributed by atoms with Gasteiger partial charge in [-0.05, 0) is 32.0 Å². The van der Waals surface area contributed by atoms with Crippen molar-refractivity contribution in [3.05, 3.63) is 47.2 Å². The van der Waals surface area contributed by atoms with Crippen LogP contribution in [-0.2, 0) is 0 Å². The molecule has 0 fully saturated rings. The Hall–Kier alpha value is -2.27. The molecular formula is C15H16ClN3O2. The number of carbonyl (C=O) groups is 1. The van der Waals surface area contributed by atoms with Crippen LogP contribution in [0.5, 0.6) is 5.75 Å². The van der Waals surface area contributed by atoms with Crippen molar-refractivity contribution in [2.24, 2.45) is 5.73 Å². The molecule has 0 spiro atoms. The van der Waals surface area contributed by atoms with Crippen LogP contribution in [-0.4, -0.2) is 17.0 Å². The summed E-state index contributed by atoms with van der Waals surface area (Å²) in [7, 11) is 0. The quantitative estimate of drug-likeness (QED) is 0.830. The molecule has 5 nitrogen and oxygen atoms in total. The molecule has 0 aliphatic carbocycles. The van der Waals surface area contributed by atoms with Crippen molar-refractivity contribution in [1.29, 1.82) is 0 Å². The first-order valence-corrected chi connectivity index (χ1v) is 6.83. The van der Waals surface area contributed by atoms with Gasteiger partial charge in [0.25, 0.3) is 5.91 Å². The molecule has 0 bridgehead atoms. The summed E-state index contributed by atoms with van der Waals surface area (Å²) in [5.74, 6) is 0.0970. The number of hydrogen-bond donors (Lipinski definition) is 2. The number of aromatic nitrogens is 1. The standard InChI is InChI=1S/C15H16ClN3O2/c1-9(2)21-13-6-4-3-5-11(13)19-12-7-14(16)18-8-10(12)15(17)20/h3-9H,1-2H3,(H2,17,20)(H,18,19). The highest BCUT2D eigenvalue weighted by Crippen LogP contribution is 2.30. The first-order valence-electron chi connectivity index (χ1n) is 6.45. The number of rotatable bonds is 5. The second-order valence-electron chi connectivity index (χ2n) is 4.70. The summed E-state index contributed by atoms with van der Waals surface area (Å²) < 4.78 is 5.72. The second-order valence-corrected chi connectivity index (χ2v) is 5.09. The van der Waals surface area contributed by atoms with E-state index in [1.807, 2.05) is 38.1 Å². The minimum Gasteiger partial charge on any atom is -0.489 e. The summed E-state index contributed by atoms with van der Waals surface area (Å²) in [4.78, 5) is 15.3. The van der Waals surface area contributed by atoms with E-state index in [9.17, 15) is 4.79 Å². The van der Waals surface area contributed by atoms with Crippen LogP contribution in [0.3, 0.4) is 0 Å². The molecule has 2 aromatic rings. The van der Waals surface area contributed by atoms with Gasteiger partial charge in [0, 0.05) is 6.20 Å². The number of nitrogens with two attached hydrogens (primary N) is 1. The number of hydrogen-bond acceptors (Lipinski definition) is 4. The number of ether oxygens (including phenoxy) is 1. The lowest BCUT2D eigenvalue weighted by molar-refractivity contribution is 0.100. The molecule has 21 heavy (non-hydrogen) atoms. The maximum Gasteiger partial charge on any atom is 0.252 e. The number of para-hydroxylation sites is 2. The van der Waals surface area contributed by atoms with E-state index in [1.54, 1.807) is 6.07 Å². The van der Waals surface area contributed by atoms with Crippen LogP contribution in [0.1, 0.15) is 24.2 Å². The number of carbonyl (C=O) groups excluding carboxylic acids is 1. The third-order valence-electron chi connectivity index (χ3n) is 2.66. The number of benzene rings is 1. The SMILES string of the molecule is CC(C)Oc1ccccc1Nc1cc(Cl)ncc1C(N)=O. The van der Waals surface area contributed by atoms with Crippen LogP contribution in [0, 0.1) is 0 Å². The van der Waals surface area contributed by atoms with Crippen molar-refractivity contribution in [1.82, 2.24) is 4.98 Å². The maximum absolute atomic E-state index is 11.5. The number of amides is 1. The minimum atomic E-state index is -0.580. The van der Waals surface area contributed by atoms with Gasteiger partial charge in [0.15, 0.2) is 0 Å². The van der Waals surface area contributed by atoms with E-state index in [2.05, 4.69) is 10.3 Å². The highest BCUT2D eigenvalue weighted by Gasteiger charge is 2.12. The average Bonchev–Trinajstić information content (AvgIpc) is 2.40. The highest BCUT2D eigenvalue weighted by atomic mass is 35.5. The lowest BCUT2D eigenvalue weighted by atomic mass is 10.2. The Labute approximate surface area is 128 Å². The van der Waals surface area contributed by atoms with E-state index >= 15 is 0 Å². The molecule has 2 rings (SSSR count). The zero-order valence-electron chi connectivity index (χ0n) is 11.8. The van der Waals surface area contributed by atoms with Crippen LogP contribution in [0.4, 0.5) is 11.4 Å². The van der Waals surface area contributed by atoms with Crippen LogP contribution < -0.4 is 15.8 Å². The Balaban J connectivity index is 2.38. The van der Waals surface area contributed by atoms with Crippen molar-refractivity contribution in [2.45, 2.75) is 20.0 Å². The second kappa shape index (κ2) is 6.45. The molecule has 1 aromatic heterocycles. The molecule has 6 heteroatoms. The molecule has 0 radical (unpaired) electrons. The zero-order chi connectivity index (χ0) is 15.4. The first-order chi connectivity index (χ1) is 9.97. The van der Waals surface area contributed by atoms with Gasteiger partial charge in [0.2, 0.25) is 0 Å². The van der Waals surface area contributed by atoms with Gasteiger partial charge < -0.3 is 15.8 Å². The van der Waals surface area contributed by atoms with Crippen LogP contribution in [0.15, 0.2) is 36.5 Å². The van der Waals surface area contributed by atoms with E-state index < -0.39 is 5.91 Å². The lowest BCUT2D eigenvalue weighted by Crippen LogP contribution is -2.14. The summed E-state index contributed by atoms with van der Waals surface area (Å²) in [6.45, 7) is 3.88. The Morgan fingerprint density at radius 3 is 2.71 bits per heavy atom. The van der Waals surface area contributed by atoms with Crippen LogP contribution in [0.2, 0.25) is 5.15 Å². The van der Waals surface area contributed by atoms with E-state index in [0.29, 0.717) is 11.4 Å². The number of nitrogens with zero attached hydrogens (tertiary/aromatic N) is 1. The Bertz CT molecular complexity index is 659. The van der Waals surface area contributed by atoms with E-state index in [0.717, 1.165) is 5.69 Å². The Morgan fingerprint density at radius 1 is 1.33 bits per heavy atom. The monoisotopic (exact) mass is 305 g/mol. The highest BCUT2D eigenvalue weighted by molar-refractivity contribution is 6.29. The van der Waals surface area contributed by atoms with Crippen molar-refractivity contribution in [3.8, 4) is 5.75 Å². The molecule has 1 heterocycles. The Kier molecular flexibility index (Phi) is 4.65. The molecule has 0 aliphatic rings. The third kappa shape index (κ3) is 3.86. The number of nitrogens with one attached hydrogen (secondary N) is 1. The van der Waals surface area contributed by atoms with Gasteiger partial charge in [-0.15, -0.1) is 0 Å². The molecule has 0 saturated heterocycles. The van der Waals surface area contributed by atoms with Crippen molar-refractivity contribution in [2.75, 3.05) is 5.32 Å². The molecule has 0 aliphatic heterocycles. The molecule has 3 N–H and O–H groups in total. The molecule has 0 saturated carbocycles. The molecule has 1 amide bonds. The minimum absolute atomic E-state index is 0.0320. The summed E-state index contributed by atoms with van der Waals surface area (Å²) >= 11 is 5.88. The van der Waals surface area contributed by atoms with Crippen LogP contribution in [0.25, 0.3) is 0 Å². The van der Waals surface area contributed by atoms with Gasteiger partial charge >= 0.3 is 0 Å². The molecule has 0 atom stereocenters. The fourth-order valence-electron chi connectivity index (χ4n) is 1.80. The fraction of sp³-hybridized carbons (Fsp3) is 0.200. The summed E-state index contributed by atoms with van der Waals surface area (Å²) in [5, 5.41) is 3.39. The molecule has 0 unspecified atom stereocenters. The zero-order valence-corrected chi connectivity index (χ0v) is 12.5. The normalized spacial score (nSPS) is 10.5.